The lowest BCUT2D eigenvalue weighted by molar-refractivity contribution is -0.119. The van der Waals surface area contributed by atoms with Crippen molar-refractivity contribution in [1.29, 1.82) is 0 Å². The third-order valence-corrected chi connectivity index (χ3v) is 4.78. The monoisotopic (exact) mass is 381 g/mol. The van der Waals surface area contributed by atoms with Crippen molar-refractivity contribution in [2.75, 3.05) is 19.0 Å². The van der Waals surface area contributed by atoms with Crippen molar-refractivity contribution in [3.05, 3.63) is 64.0 Å². The number of benzene rings is 2. The number of aromatic nitrogens is 2. The molecule has 0 fully saturated rings. The van der Waals surface area contributed by atoms with Crippen LogP contribution in [0.3, 0.4) is 0 Å². The molecule has 0 aliphatic rings. The summed E-state index contributed by atoms with van der Waals surface area (Å²) in [6, 6.07) is 13.1. The molecule has 0 radical (unpaired) electrons. The molecule has 0 saturated carbocycles. The highest BCUT2D eigenvalue weighted by Gasteiger charge is 2.14. The summed E-state index contributed by atoms with van der Waals surface area (Å²) >= 11 is 6.40. The molecule has 6 nitrogen and oxygen atoms in total. The number of halogens is 1. The molecule has 2 aromatic heterocycles. The molecule has 0 bridgehead atoms. The van der Waals surface area contributed by atoms with E-state index in [4.69, 9.17) is 16.3 Å². The molecule has 0 unspecified atom stereocenters. The van der Waals surface area contributed by atoms with Crippen LogP contribution in [0.1, 0.15) is 0 Å². The van der Waals surface area contributed by atoms with Crippen molar-refractivity contribution < 1.29 is 9.53 Å². The third kappa shape index (κ3) is 3.09. The maximum Gasteiger partial charge on any atom is 0.256 e. The molecule has 27 heavy (non-hydrogen) atoms. The minimum atomic E-state index is -0.323. The molecule has 0 spiro atoms. The Balaban J connectivity index is 1.83. The lowest BCUT2D eigenvalue weighted by atomic mass is 10.0. The maximum atomic E-state index is 12.7. The number of ether oxygens (including phenoxy) is 1. The molecule has 0 aliphatic carbocycles. The minimum absolute atomic E-state index is 0.0790. The van der Waals surface area contributed by atoms with Gasteiger partial charge in [0.05, 0.1) is 16.2 Å². The van der Waals surface area contributed by atoms with Crippen molar-refractivity contribution in [2.45, 2.75) is 0 Å². The summed E-state index contributed by atoms with van der Waals surface area (Å²) < 4.78 is 4.80. The van der Waals surface area contributed by atoms with Crippen molar-refractivity contribution in [1.82, 2.24) is 9.97 Å². The molecule has 136 valence electrons. The van der Waals surface area contributed by atoms with Crippen molar-refractivity contribution in [2.24, 2.45) is 0 Å². The second-order valence-electron chi connectivity index (χ2n) is 6.13. The lowest BCUT2D eigenvalue weighted by Gasteiger charge is -2.10. The van der Waals surface area contributed by atoms with Crippen molar-refractivity contribution >= 4 is 45.0 Å². The number of pyridine rings is 1. The van der Waals surface area contributed by atoms with Crippen LogP contribution in [0.5, 0.6) is 0 Å². The highest BCUT2D eigenvalue weighted by molar-refractivity contribution is 6.38. The molecule has 2 heterocycles. The molecular formula is C20H16ClN3O3. The molecule has 2 aromatic carbocycles. The van der Waals surface area contributed by atoms with Crippen LogP contribution >= 0.6 is 11.6 Å². The molecular weight excluding hydrogens is 366 g/mol. The average molecular weight is 382 g/mol. The Labute approximate surface area is 159 Å². The number of aromatic amines is 2. The topological polar surface area (TPSA) is 87.0 Å². The zero-order chi connectivity index (χ0) is 19.0. The standard InChI is InChI=1S/C20H16ClN3O3/c1-27-10-17(25)23-16-7-6-11-8-13(20(26)24-19(11)18(16)21)14-9-22-15-5-3-2-4-12(14)15/h2-9,22H,10H2,1H3,(H,23,25)(H,24,26). The van der Waals surface area contributed by atoms with Gasteiger partial charge in [0, 0.05) is 40.7 Å². The first-order chi connectivity index (χ1) is 13.1. The minimum Gasteiger partial charge on any atom is -0.375 e. The Morgan fingerprint density at radius 2 is 2.00 bits per heavy atom. The van der Waals surface area contributed by atoms with Crippen LogP contribution < -0.4 is 10.9 Å². The van der Waals surface area contributed by atoms with Crippen LogP contribution in [0.2, 0.25) is 5.02 Å². The van der Waals surface area contributed by atoms with E-state index in [-0.39, 0.29) is 23.1 Å². The molecule has 4 aromatic rings. The first-order valence-corrected chi connectivity index (χ1v) is 8.67. The molecule has 4 rings (SSSR count). The molecule has 7 heteroatoms. The zero-order valence-corrected chi connectivity index (χ0v) is 15.2. The van der Waals surface area contributed by atoms with E-state index in [1.54, 1.807) is 18.2 Å². The smallest absolute Gasteiger partial charge is 0.256 e. The van der Waals surface area contributed by atoms with Crippen LogP contribution in [0, 0.1) is 0 Å². The van der Waals surface area contributed by atoms with E-state index in [2.05, 4.69) is 15.3 Å². The van der Waals surface area contributed by atoms with Gasteiger partial charge in [-0.2, -0.15) is 0 Å². The number of nitrogens with one attached hydrogen (secondary N) is 3. The Morgan fingerprint density at radius 3 is 2.81 bits per heavy atom. The summed E-state index contributed by atoms with van der Waals surface area (Å²) in [6.07, 6.45) is 1.82. The Hall–Kier alpha value is -3.09. The van der Waals surface area contributed by atoms with E-state index in [1.165, 1.54) is 7.11 Å². The van der Waals surface area contributed by atoms with Gasteiger partial charge in [0.1, 0.15) is 6.61 Å². The van der Waals surface area contributed by atoms with Gasteiger partial charge in [-0.3, -0.25) is 9.59 Å². The highest BCUT2D eigenvalue weighted by Crippen LogP contribution is 2.32. The van der Waals surface area contributed by atoms with Gasteiger partial charge in [0.2, 0.25) is 5.91 Å². The van der Waals surface area contributed by atoms with Gasteiger partial charge >= 0.3 is 0 Å². The molecule has 1 amide bonds. The van der Waals surface area contributed by atoms with Gasteiger partial charge in [-0.15, -0.1) is 0 Å². The first kappa shape index (κ1) is 17.3. The summed E-state index contributed by atoms with van der Waals surface area (Å²) in [4.78, 5) is 30.5. The van der Waals surface area contributed by atoms with Crippen LogP contribution in [-0.2, 0) is 9.53 Å². The van der Waals surface area contributed by atoms with E-state index in [0.29, 0.717) is 16.8 Å². The summed E-state index contributed by atoms with van der Waals surface area (Å²) in [5, 5.41) is 4.68. The largest absolute Gasteiger partial charge is 0.375 e. The summed E-state index contributed by atoms with van der Waals surface area (Å²) in [6.45, 7) is -0.0790. The number of anilines is 1. The molecule has 0 saturated heterocycles. The molecule has 3 N–H and O–H groups in total. The van der Waals surface area contributed by atoms with E-state index in [1.807, 2.05) is 30.5 Å². The summed E-state index contributed by atoms with van der Waals surface area (Å²) in [5.41, 5.74) is 2.97. The van der Waals surface area contributed by atoms with Gasteiger partial charge in [-0.05, 0) is 18.2 Å². The number of amides is 1. The van der Waals surface area contributed by atoms with E-state index in [9.17, 15) is 9.59 Å². The number of hydrogen-bond acceptors (Lipinski definition) is 3. The zero-order valence-electron chi connectivity index (χ0n) is 14.4. The van der Waals surface area contributed by atoms with Gasteiger partial charge < -0.3 is 20.0 Å². The SMILES string of the molecule is COCC(=O)Nc1ccc2cc(-c3c[nH]c4ccccc34)c(=O)[nH]c2c1Cl. The van der Waals surface area contributed by atoms with E-state index in [0.717, 1.165) is 21.9 Å². The van der Waals surface area contributed by atoms with Crippen LogP contribution in [-0.4, -0.2) is 29.6 Å². The van der Waals surface area contributed by atoms with Crippen LogP contribution in [0.4, 0.5) is 5.69 Å². The van der Waals surface area contributed by atoms with Gasteiger partial charge in [-0.25, -0.2) is 0 Å². The predicted octanol–water partition coefficient (Wildman–Crippen LogP) is 3.91. The lowest BCUT2D eigenvalue weighted by Crippen LogP contribution is -2.17. The normalized spacial score (nSPS) is 11.2. The number of fused-ring (bicyclic) bond motifs is 2. The second-order valence-corrected chi connectivity index (χ2v) is 6.51. The number of para-hydroxylation sites is 1. The second kappa shape index (κ2) is 6.90. The molecule has 0 aliphatic heterocycles. The van der Waals surface area contributed by atoms with Crippen molar-refractivity contribution in [3.63, 3.8) is 0 Å². The van der Waals surface area contributed by atoms with Crippen LogP contribution in [0.15, 0.2) is 53.5 Å². The summed E-state index contributed by atoms with van der Waals surface area (Å²) in [7, 11) is 1.44. The maximum absolute atomic E-state index is 12.7. The number of H-pyrrole nitrogens is 2. The predicted molar refractivity (Wildman–Crippen MR) is 107 cm³/mol. The van der Waals surface area contributed by atoms with Crippen LogP contribution in [0.25, 0.3) is 32.9 Å². The van der Waals surface area contributed by atoms with E-state index >= 15 is 0 Å². The number of methoxy groups -OCH3 is 1. The van der Waals surface area contributed by atoms with Crippen molar-refractivity contribution in [3.8, 4) is 11.1 Å². The van der Waals surface area contributed by atoms with E-state index < -0.39 is 0 Å². The number of carbonyl (C=O) groups is 1. The summed E-state index contributed by atoms with van der Waals surface area (Å²) in [5.74, 6) is -0.323. The Bertz CT molecular complexity index is 1230. The fourth-order valence-electron chi connectivity index (χ4n) is 3.15. The fraction of sp³-hybridized carbons (Fsp3) is 0.100. The third-order valence-electron chi connectivity index (χ3n) is 4.39. The van der Waals surface area contributed by atoms with Gasteiger partial charge in [0.15, 0.2) is 0 Å². The Kier molecular flexibility index (Phi) is 4.43. The number of carbonyl (C=O) groups excluding carboxylic acids is 1. The molecule has 0 atom stereocenters. The number of hydrogen-bond donors (Lipinski definition) is 3. The average Bonchev–Trinajstić information content (AvgIpc) is 3.08. The Morgan fingerprint density at radius 1 is 1.19 bits per heavy atom. The first-order valence-electron chi connectivity index (χ1n) is 8.29. The quantitative estimate of drug-likeness (QED) is 0.500. The fourth-order valence-corrected chi connectivity index (χ4v) is 3.42. The van der Waals surface area contributed by atoms with Gasteiger partial charge in [0.25, 0.3) is 5.56 Å². The number of rotatable bonds is 4. The van der Waals surface area contributed by atoms with Gasteiger partial charge in [-0.1, -0.05) is 35.9 Å². The highest BCUT2D eigenvalue weighted by atomic mass is 35.5.